The number of hydrogen-bond acceptors (Lipinski definition) is 6. The van der Waals surface area contributed by atoms with Gasteiger partial charge in [0.05, 0.1) is 13.2 Å². The number of carbonyl (C=O) groups is 2. The molecule has 172 valence electrons. The molecule has 2 aliphatic rings. The summed E-state index contributed by atoms with van der Waals surface area (Å²) in [7, 11) is 1.92. The maximum atomic E-state index is 13.0. The van der Waals surface area contributed by atoms with Gasteiger partial charge in [-0.05, 0) is 12.1 Å². The van der Waals surface area contributed by atoms with Crippen molar-refractivity contribution in [3.8, 4) is 17.2 Å². The molecule has 3 aromatic rings. The highest BCUT2D eigenvalue weighted by Crippen LogP contribution is 2.30. The van der Waals surface area contributed by atoms with E-state index in [1.165, 1.54) is 0 Å². The molecule has 2 aromatic heterocycles. The zero-order valence-electron chi connectivity index (χ0n) is 18.7. The molecule has 1 saturated heterocycles. The second kappa shape index (κ2) is 9.14. The Morgan fingerprint density at radius 1 is 1.00 bits per heavy atom. The SMILES string of the molecule is Cn1nc(-c2nncn2-c2ccccc2)c2c1CCN(C(=O)CCC(=O)N1CCOCC1)C2. The Morgan fingerprint density at radius 3 is 2.48 bits per heavy atom. The van der Waals surface area contributed by atoms with Crippen molar-refractivity contribution in [1.29, 1.82) is 0 Å². The lowest BCUT2D eigenvalue weighted by Gasteiger charge is -2.29. The molecule has 2 aliphatic heterocycles. The minimum Gasteiger partial charge on any atom is -0.378 e. The van der Waals surface area contributed by atoms with Crippen LogP contribution in [0.4, 0.5) is 0 Å². The van der Waals surface area contributed by atoms with Crippen molar-refractivity contribution in [2.24, 2.45) is 7.05 Å². The van der Waals surface area contributed by atoms with Gasteiger partial charge < -0.3 is 14.5 Å². The highest BCUT2D eigenvalue weighted by atomic mass is 16.5. The quantitative estimate of drug-likeness (QED) is 0.580. The van der Waals surface area contributed by atoms with Gasteiger partial charge in [-0.3, -0.25) is 18.8 Å². The van der Waals surface area contributed by atoms with E-state index < -0.39 is 0 Å². The molecule has 0 bridgehead atoms. The van der Waals surface area contributed by atoms with Crippen molar-refractivity contribution in [3.63, 3.8) is 0 Å². The highest BCUT2D eigenvalue weighted by Gasteiger charge is 2.29. The highest BCUT2D eigenvalue weighted by molar-refractivity contribution is 5.84. The first-order valence-corrected chi connectivity index (χ1v) is 11.3. The van der Waals surface area contributed by atoms with Crippen LogP contribution in [0.25, 0.3) is 17.2 Å². The van der Waals surface area contributed by atoms with Crippen molar-refractivity contribution < 1.29 is 14.3 Å². The molecule has 0 aliphatic carbocycles. The van der Waals surface area contributed by atoms with Gasteiger partial charge >= 0.3 is 0 Å². The van der Waals surface area contributed by atoms with E-state index in [0.717, 1.165) is 22.6 Å². The van der Waals surface area contributed by atoms with E-state index in [1.807, 2.05) is 51.5 Å². The summed E-state index contributed by atoms with van der Waals surface area (Å²) in [6, 6.07) is 9.87. The predicted molar refractivity (Wildman–Crippen MR) is 119 cm³/mol. The number of rotatable bonds is 5. The molecule has 0 atom stereocenters. The lowest BCUT2D eigenvalue weighted by atomic mass is 10.0. The molecular formula is C23H27N7O3. The van der Waals surface area contributed by atoms with Crippen LogP contribution in [-0.4, -0.2) is 79.0 Å². The minimum absolute atomic E-state index is 0.0124. The molecule has 1 aromatic carbocycles. The molecule has 4 heterocycles. The normalized spacial score (nSPS) is 16.0. The van der Waals surface area contributed by atoms with Gasteiger partial charge in [-0.15, -0.1) is 10.2 Å². The molecule has 5 rings (SSSR count). The number of aromatic nitrogens is 5. The van der Waals surface area contributed by atoms with Crippen LogP contribution in [0.15, 0.2) is 36.7 Å². The first-order chi connectivity index (χ1) is 16.1. The first kappa shape index (κ1) is 21.3. The Morgan fingerprint density at radius 2 is 1.73 bits per heavy atom. The molecule has 0 saturated carbocycles. The maximum Gasteiger partial charge on any atom is 0.223 e. The summed E-state index contributed by atoms with van der Waals surface area (Å²) in [5.74, 6) is 0.652. The van der Waals surface area contributed by atoms with Crippen LogP contribution in [0.2, 0.25) is 0 Å². The van der Waals surface area contributed by atoms with E-state index >= 15 is 0 Å². The molecule has 0 unspecified atom stereocenters. The molecule has 0 spiro atoms. The van der Waals surface area contributed by atoms with Crippen molar-refractivity contribution in [3.05, 3.63) is 47.9 Å². The van der Waals surface area contributed by atoms with Crippen LogP contribution in [0.5, 0.6) is 0 Å². The molecule has 33 heavy (non-hydrogen) atoms. The summed E-state index contributed by atoms with van der Waals surface area (Å²) in [6.07, 6.45) is 2.82. The molecule has 2 amide bonds. The van der Waals surface area contributed by atoms with Crippen LogP contribution in [0, 0.1) is 0 Å². The predicted octanol–water partition coefficient (Wildman–Crippen LogP) is 1.19. The fraction of sp³-hybridized carbons (Fsp3) is 0.435. The largest absolute Gasteiger partial charge is 0.378 e. The Hall–Kier alpha value is -3.53. The Labute approximate surface area is 191 Å². The molecule has 10 heteroatoms. The van der Waals surface area contributed by atoms with Crippen molar-refractivity contribution in [2.45, 2.75) is 25.8 Å². The first-order valence-electron chi connectivity index (χ1n) is 11.3. The fourth-order valence-corrected chi connectivity index (χ4v) is 4.50. The number of amides is 2. The lowest BCUT2D eigenvalue weighted by molar-refractivity contribution is -0.139. The molecular weight excluding hydrogens is 422 g/mol. The number of fused-ring (bicyclic) bond motifs is 1. The van der Waals surface area contributed by atoms with E-state index in [9.17, 15) is 9.59 Å². The number of hydrogen-bond donors (Lipinski definition) is 0. The summed E-state index contributed by atoms with van der Waals surface area (Å²) in [5.41, 5.74) is 3.76. The topological polar surface area (TPSA) is 98.4 Å². The summed E-state index contributed by atoms with van der Waals surface area (Å²) in [4.78, 5) is 29.0. The summed E-state index contributed by atoms with van der Waals surface area (Å²) in [5, 5.41) is 13.2. The van der Waals surface area contributed by atoms with Crippen LogP contribution < -0.4 is 0 Å². The standard InChI is InChI=1S/C23H27N7O3/c1-27-19-9-10-29(21(32)8-7-20(31)28-11-13-33-14-12-28)15-18(19)22(26-27)23-25-24-16-30(23)17-5-3-2-4-6-17/h2-6,16H,7-15H2,1H3. The second-order valence-electron chi connectivity index (χ2n) is 8.32. The Bertz CT molecular complexity index is 1150. The van der Waals surface area contributed by atoms with Gasteiger partial charge in [0.1, 0.15) is 12.0 Å². The van der Waals surface area contributed by atoms with Crippen molar-refractivity contribution in [1.82, 2.24) is 34.3 Å². The zero-order chi connectivity index (χ0) is 22.8. The number of ether oxygens (including phenoxy) is 1. The van der Waals surface area contributed by atoms with Crippen molar-refractivity contribution in [2.75, 3.05) is 32.8 Å². The van der Waals surface area contributed by atoms with Gasteiger partial charge in [0.15, 0.2) is 5.82 Å². The van der Waals surface area contributed by atoms with Gasteiger partial charge in [-0.25, -0.2) is 0 Å². The number of benzene rings is 1. The third-order valence-corrected chi connectivity index (χ3v) is 6.31. The van der Waals surface area contributed by atoms with E-state index in [1.54, 1.807) is 11.2 Å². The van der Waals surface area contributed by atoms with E-state index in [2.05, 4.69) is 10.2 Å². The summed E-state index contributed by atoms with van der Waals surface area (Å²) in [6.45, 7) is 3.38. The minimum atomic E-state index is -0.0124. The summed E-state index contributed by atoms with van der Waals surface area (Å²) >= 11 is 0. The number of para-hydroxylation sites is 1. The van der Waals surface area contributed by atoms with E-state index in [4.69, 9.17) is 9.84 Å². The third kappa shape index (κ3) is 4.25. The van der Waals surface area contributed by atoms with E-state index in [-0.39, 0.29) is 24.7 Å². The number of morpholine rings is 1. The Kier molecular flexibility index (Phi) is 5.91. The average molecular weight is 450 g/mol. The van der Waals surface area contributed by atoms with Crippen molar-refractivity contribution >= 4 is 11.8 Å². The second-order valence-corrected chi connectivity index (χ2v) is 8.32. The molecule has 1 fully saturated rings. The Balaban J connectivity index is 1.32. The number of nitrogens with zero attached hydrogens (tertiary/aromatic N) is 7. The van der Waals surface area contributed by atoms with Crippen LogP contribution >= 0.6 is 0 Å². The molecule has 10 nitrogen and oxygen atoms in total. The van der Waals surface area contributed by atoms with Gasteiger partial charge in [0.25, 0.3) is 0 Å². The number of carbonyl (C=O) groups excluding carboxylic acids is 2. The molecule has 0 N–H and O–H groups in total. The van der Waals surface area contributed by atoms with Crippen LogP contribution in [-0.2, 0) is 34.3 Å². The smallest absolute Gasteiger partial charge is 0.223 e. The lowest BCUT2D eigenvalue weighted by Crippen LogP contribution is -2.41. The number of aryl methyl sites for hydroxylation is 1. The van der Waals surface area contributed by atoms with Crippen LogP contribution in [0.3, 0.4) is 0 Å². The average Bonchev–Trinajstić information content (AvgIpc) is 3.47. The fourth-order valence-electron chi connectivity index (χ4n) is 4.50. The van der Waals surface area contributed by atoms with E-state index in [0.29, 0.717) is 51.6 Å². The van der Waals surface area contributed by atoms with Gasteiger partial charge in [-0.2, -0.15) is 5.10 Å². The molecule has 0 radical (unpaired) electrons. The van der Waals surface area contributed by atoms with Gasteiger partial charge in [0, 0.05) is 69.4 Å². The third-order valence-electron chi connectivity index (χ3n) is 6.31. The maximum absolute atomic E-state index is 13.0. The zero-order valence-corrected chi connectivity index (χ0v) is 18.7. The summed E-state index contributed by atoms with van der Waals surface area (Å²) < 4.78 is 9.08. The van der Waals surface area contributed by atoms with Crippen LogP contribution in [0.1, 0.15) is 24.1 Å². The van der Waals surface area contributed by atoms with Gasteiger partial charge in [0.2, 0.25) is 11.8 Å². The van der Waals surface area contributed by atoms with Gasteiger partial charge in [-0.1, -0.05) is 18.2 Å². The monoisotopic (exact) mass is 449 g/mol.